The number of aryl methyl sites for hydroxylation is 1. The van der Waals surface area contributed by atoms with Gasteiger partial charge in [-0.05, 0) is 38.3 Å². The summed E-state index contributed by atoms with van der Waals surface area (Å²) in [5, 5.41) is 0. The molecule has 0 fully saturated rings. The summed E-state index contributed by atoms with van der Waals surface area (Å²) in [7, 11) is 0. The van der Waals surface area contributed by atoms with Crippen LogP contribution in [0.15, 0.2) is 12.1 Å². The second kappa shape index (κ2) is 12.0. The molecule has 0 spiro atoms. The lowest BCUT2D eigenvalue weighted by atomic mass is 10.1. The highest BCUT2D eigenvalue weighted by molar-refractivity contribution is 5.90. The fourth-order valence-electron chi connectivity index (χ4n) is 2.89. The molecule has 0 aliphatic carbocycles. The molecule has 1 aromatic carbocycles. The van der Waals surface area contributed by atoms with Crippen molar-refractivity contribution in [1.82, 2.24) is 0 Å². The van der Waals surface area contributed by atoms with Crippen LogP contribution in [-0.2, 0) is 4.74 Å². The van der Waals surface area contributed by atoms with Crippen molar-refractivity contribution in [1.29, 1.82) is 0 Å². The van der Waals surface area contributed by atoms with E-state index in [1.54, 1.807) is 6.92 Å². The molecule has 0 aliphatic rings. The third-order valence-corrected chi connectivity index (χ3v) is 4.51. The summed E-state index contributed by atoms with van der Waals surface area (Å²) in [5.41, 5.74) is -0.348. The fraction of sp³-hybridized carbons (Fsp3) is 0.667. The van der Waals surface area contributed by atoms with Crippen LogP contribution in [0.2, 0.25) is 0 Å². The van der Waals surface area contributed by atoms with Crippen molar-refractivity contribution in [2.75, 3.05) is 0 Å². The van der Waals surface area contributed by atoms with Gasteiger partial charge in [0, 0.05) is 0 Å². The Morgan fingerprint density at radius 3 is 2.16 bits per heavy atom. The van der Waals surface area contributed by atoms with Crippen LogP contribution in [-0.4, -0.2) is 12.1 Å². The molecule has 0 heterocycles. The summed E-state index contributed by atoms with van der Waals surface area (Å²) in [6, 6.07) is 2.41. The highest BCUT2D eigenvalue weighted by atomic mass is 19.1. The number of benzene rings is 1. The molecule has 25 heavy (non-hydrogen) atoms. The Balaban J connectivity index is 2.23. The van der Waals surface area contributed by atoms with Crippen LogP contribution in [0.3, 0.4) is 0 Å². The smallest absolute Gasteiger partial charge is 0.344 e. The van der Waals surface area contributed by atoms with E-state index in [1.165, 1.54) is 57.9 Å². The molecule has 4 heteroatoms. The van der Waals surface area contributed by atoms with Gasteiger partial charge in [-0.1, -0.05) is 64.4 Å². The van der Waals surface area contributed by atoms with Crippen LogP contribution in [0.5, 0.6) is 0 Å². The molecule has 2 nitrogen and oxygen atoms in total. The van der Waals surface area contributed by atoms with Gasteiger partial charge in [0.15, 0.2) is 0 Å². The van der Waals surface area contributed by atoms with Gasteiger partial charge in [-0.25, -0.2) is 13.6 Å². The molecule has 1 rings (SSSR count). The third kappa shape index (κ3) is 7.98. The van der Waals surface area contributed by atoms with E-state index >= 15 is 0 Å². The van der Waals surface area contributed by atoms with Crippen molar-refractivity contribution in [2.45, 2.75) is 91.1 Å². The number of unbranched alkanes of at least 4 members (excludes halogenated alkanes) is 8. The third-order valence-electron chi connectivity index (χ3n) is 4.51. The first-order valence-electron chi connectivity index (χ1n) is 9.63. The second-order valence-corrected chi connectivity index (χ2v) is 6.89. The van der Waals surface area contributed by atoms with Gasteiger partial charge >= 0.3 is 5.97 Å². The summed E-state index contributed by atoms with van der Waals surface area (Å²) < 4.78 is 32.8. The molecule has 1 unspecified atom stereocenters. The van der Waals surface area contributed by atoms with E-state index < -0.39 is 23.2 Å². The SMILES string of the molecule is CCCCCCCCCCCC(C)OC(=O)c1c(F)ccc(C)c1F. The lowest BCUT2D eigenvalue weighted by Gasteiger charge is -2.14. The van der Waals surface area contributed by atoms with Crippen molar-refractivity contribution in [2.24, 2.45) is 0 Å². The standard InChI is InChI=1S/C21H32F2O2/c1-4-5-6-7-8-9-10-11-12-13-17(3)25-21(24)19-18(22)15-14-16(2)20(19)23/h14-15,17H,4-13H2,1-3H3. The van der Waals surface area contributed by atoms with Gasteiger partial charge in [-0.2, -0.15) is 0 Å². The van der Waals surface area contributed by atoms with Crippen LogP contribution >= 0.6 is 0 Å². The first-order valence-corrected chi connectivity index (χ1v) is 9.63. The molecule has 1 atom stereocenters. The molecule has 142 valence electrons. The minimum atomic E-state index is -0.915. The molecule has 0 aliphatic heterocycles. The van der Waals surface area contributed by atoms with E-state index in [1.807, 2.05) is 0 Å². The number of rotatable bonds is 12. The van der Waals surface area contributed by atoms with Crippen LogP contribution in [0.25, 0.3) is 0 Å². The summed E-state index contributed by atoms with van der Waals surface area (Å²) in [5.74, 6) is -2.62. The maximum Gasteiger partial charge on any atom is 0.344 e. The van der Waals surface area contributed by atoms with Crippen LogP contribution < -0.4 is 0 Å². The first kappa shape index (κ1) is 21.6. The van der Waals surface area contributed by atoms with Crippen molar-refractivity contribution in [3.05, 3.63) is 34.9 Å². The quantitative estimate of drug-likeness (QED) is 0.307. The number of halogens is 2. The van der Waals surface area contributed by atoms with Gasteiger partial charge in [0.2, 0.25) is 0 Å². The molecule has 0 bridgehead atoms. The Morgan fingerprint density at radius 2 is 1.56 bits per heavy atom. The Morgan fingerprint density at radius 1 is 1.00 bits per heavy atom. The Hall–Kier alpha value is -1.45. The molecule has 0 aromatic heterocycles. The van der Waals surface area contributed by atoms with Gasteiger partial charge in [0.1, 0.15) is 17.2 Å². The van der Waals surface area contributed by atoms with Crippen LogP contribution in [0, 0.1) is 18.6 Å². The van der Waals surface area contributed by atoms with Gasteiger partial charge in [0.25, 0.3) is 0 Å². The molecular weight excluding hydrogens is 322 g/mol. The average molecular weight is 354 g/mol. The first-order chi connectivity index (χ1) is 12.0. The van der Waals surface area contributed by atoms with Crippen molar-refractivity contribution in [3.8, 4) is 0 Å². The van der Waals surface area contributed by atoms with Gasteiger partial charge < -0.3 is 4.74 Å². The summed E-state index contributed by atoms with van der Waals surface area (Å²) >= 11 is 0. The van der Waals surface area contributed by atoms with E-state index in [2.05, 4.69) is 6.92 Å². The Bertz CT molecular complexity index is 529. The predicted molar refractivity (Wildman–Crippen MR) is 97.8 cm³/mol. The number of carbonyl (C=O) groups is 1. The molecule has 0 radical (unpaired) electrons. The zero-order chi connectivity index (χ0) is 18.7. The largest absolute Gasteiger partial charge is 0.459 e. The number of hydrogen-bond acceptors (Lipinski definition) is 2. The minimum Gasteiger partial charge on any atom is -0.459 e. The van der Waals surface area contributed by atoms with Gasteiger partial charge in [-0.3, -0.25) is 0 Å². The minimum absolute atomic E-state index is 0.236. The van der Waals surface area contributed by atoms with Gasteiger partial charge in [0.05, 0.1) is 6.10 Å². The zero-order valence-electron chi connectivity index (χ0n) is 15.9. The lowest BCUT2D eigenvalue weighted by molar-refractivity contribution is 0.0308. The van der Waals surface area contributed by atoms with Crippen LogP contribution in [0.1, 0.15) is 94.0 Å². The van der Waals surface area contributed by atoms with Crippen molar-refractivity contribution >= 4 is 5.97 Å². The summed E-state index contributed by atoms with van der Waals surface area (Å²) in [6.07, 6.45) is 11.4. The number of carbonyl (C=O) groups excluding carboxylic acids is 1. The fourth-order valence-corrected chi connectivity index (χ4v) is 2.89. The Kier molecular flexibility index (Phi) is 10.4. The molecule has 1 aromatic rings. The van der Waals surface area contributed by atoms with E-state index in [9.17, 15) is 13.6 Å². The highest BCUT2D eigenvalue weighted by Crippen LogP contribution is 2.19. The zero-order valence-corrected chi connectivity index (χ0v) is 15.9. The summed E-state index contributed by atoms with van der Waals surface area (Å²) in [6.45, 7) is 5.49. The monoisotopic (exact) mass is 354 g/mol. The van der Waals surface area contributed by atoms with E-state index in [0.717, 1.165) is 25.3 Å². The van der Waals surface area contributed by atoms with E-state index in [0.29, 0.717) is 0 Å². The maximum atomic E-state index is 13.9. The van der Waals surface area contributed by atoms with E-state index in [4.69, 9.17) is 4.74 Å². The number of hydrogen-bond donors (Lipinski definition) is 0. The number of esters is 1. The molecule has 0 saturated heterocycles. The molecule has 0 saturated carbocycles. The lowest BCUT2D eigenvalue weighted by Crippen LogP contribution is -2.18. The number of ether oxygens (including phenoxy) is 1. The Labute approximate surface area is 151 Å². The maximum absolute atomic E-state index is 13.9. The molecule has 0 N–H and O–H groups in total. The van der Waals surface area contributed by atoms with Crippen molar-refractivity contribution < 1.29 is 18.3 Å². The summed E-state index contributed by atoms with van der Waals surface area (Å²) in [4.78, 5) is 12.0. The molecular formula is C21H32F2O2. The second-order valence-electron chi connectivity index (χ2n) is 6.89. The predicted octanol–water partition coefficient (Wildman–Crippen LogP) is 6.74. The van der Waals surface area contributed by atoms with Crippen LogP contribution in [0.4, 0.5) is 8.78 Å². The normalized spacial score (nSPS) is 12.2. The topological polar surface area (TPSA) is 26.3 Å². The van der Waals surface area contributed by atoms with E-state index in [-0.39, 0.29) is 11.7 Å². The average Bonchev–Trinajstić information content (AvgIpc) is 2.57. The van der Waals surface area contributed by atoms with Gasteiger partial charge in [-0.15, -0.1) is 0 Å². The molecule has 0 amide bonds. The highest BCUT2D eigenvalue weighted by Gasteiger charge is 2.22. The van der Waals surface area contributed by atoms with Crippen molar-refractivity contribution in [3.63, 3.8) is 0 Å².